The zero-order chi connectivity index (χ0) is 15.3. The Balaban J connectivity index is 2.46. The van der Waals surface area contributed by atoms with Crippen molar-refractivity contribution in [3.8, 4) is 0 Å². The van der Waals surface area contributed by atoms with Gasteiger partial charge in [-0.25, -0.2) is 0 Å². The van der Waals surface area contributed by atoms with Crippen LogP contribution in [0.1, 0.15) is 33.1 Å². The number of hydrogen-bond acceptors (Lipinski definition) is 4. The Hall–Kier alpha value is -0.650. The number of carbonyl (C=O) groups is 1. The maximum Gasteiger partial charge on any atom is 0.237 e. The third-order valence-corrected chi connectivity index (χ3v) is 4.94. The summed E-state index contributed by atoms with van der Waals surface area (Å²) in [5.74, 6) is 0.493. The van der Waals surface area contributed by atoms with Crippen LogP contribution in [0.25, 0.3) is 0 Å². The van der Waals surface area contributed by atoms with E-state index in [0.717, 1.165) is 18.9 Å². The molecule has 3 N–H and O–H groups in total. The number of carbonyl (C=O) groups excluding carboxylic acids is 1. The van der Waals surface area contributed by atoms with Crippen LogP contribution in [0.4, 0.5) is 0 Å². The number of nitrogens with zero attached hydrogens (tertiary/aromatic N) is 2. The van der Waals surface area contributed by atoms with Crippen LogP contribution in [0.5, 0.6) is 0 Å². The second kappa shape index (κ2) is 7.38. The second-order valence-corrected chi connectivity index (χ2v) is 6.69. The number of nitrogens with two attached hydrogens (primary N) is 1. The molecule has 0 saturated carbocycles. The predicted molar refractivity (Wildman–Crippen MR) is 83.6 cm³/mol. The molecule has 5 heteroatoms. The van der Waals surface area contributed by atoms with Gasteiger partial charge in [0.15, 0.2) is 0 Å². The van der Waals surface area contributed by atoms with E-state index in [1.165, 1.54) is 25.9 Å². The van der Waals surface area contributed by atoms with Crippen molar-refractivity contribution in [3.63, 3.8) is 0 Å². The van der Waals surface area contributed by atoms with Crippen LogP contribution in [0.3, 0.4) is 0 Å². The molecular weight excluding hydrogens is 252 g/mol. The molecule has 0 spiro atoms. The number of piperidine rings is 1. The molecule has 1 fully saturated rings. The van der Waals surface area contributed by atoms with E-state index in [1.807, 2.05) is 6.92 Å². The van der Waals surface area contributed by atoms with Gasteiger partial charge in [-0.15, -0.1) is 0 Å². The fourth-order valence-corrected chi connectivity index (χ4v) is 2.90. The van der Waals surface area contributed by atoms with Crippen LogP contribution < -0.4 is 11.1 Å². The Morgan fingerprint density at radius 3 is 2.50 bits per heavy atom. The van der Waals surface area contributed by atoms with Gasteiger partial charge in [-0.05, 0) is 73.3 Å². The largest absolute Gasteiger partial charge is 0.368 e. The Bertz CT molecular complexity index is 315. The molecule has 2 atom stereocenters. The summed E-state index contributed by atoms with van der Waals surface area (Å²) < 4.78 is 0. The summed E-state index contributed by atoms with van der Waals surface area (Å²) in [6.45, 7) is 7.56. The maximum absolute atomic E-state index is 11.6. The molecule has 1 amide bonds. The number of amides is 1. The first-order chi connectivity index (χ1) is 9.28. The van der Waals surface area contributed by atoms with Crippen LogP contribution in [-0.2, 0) is 4.79 Å². The fourth-order valence-electron chi connectivity index (χ4n) is 2.90. The lowest BCUT2D eigenvalue weighted by Gasteiger charge is -2.37. The van der Waals surface area contributed by atoms with Gasteiger partial charge in [0.2, 0.25) is 5.91 Å². The summed E-state index contributed by atoms with van der Waals surface area (Å²) in [4.78, 5) is 16.3. The molecule has 1 aliphatic heterocycles. The van der Waals surface area contributed by atoms with E-state index in [-0.39, 0.29) is 5.91 Å². The Kier molecular flexibility index (Phi) is 6.43. The third-order valence-electron chi connectivity index (χ3n) is 4.94. The summed E-state index contributed by atoms with van der Waals surface area (Å²) in [6.07, 6.45) is 3.28. The molecule has 1 heterocycles. The lowest BCUT2D eigenvalue weighted by Crippen LogP contribution is -2.55. The normalized spacial score (nSPS) is 22.7. The smallest absolute Gasteiger partial charge is 0.237 e. The first-order valence-corrected chi connectivity index (χ1v) is 7.66. The quantitative estimate of drug-likeness (QED) is 0.715. The van der Waals surface area contributed by atoms with E-state index in [9.17, 15) is 4.79 Å². The van der Waals surface area contributed by atoms with Crippen molar-refractivity contribution >= 4 is 5.91 Å². The predicted octanol–water partition coefficient (Wildman–Crippen LogP) is 0.502. The second-order valence-electron chi connectivity index (χ2n) is 6.69. The number of nitrogens with one attached hydrogen (secondary N) is 1. The minimum absolute atomic E-state index is 0.278. The Morgan fingerprint density at radius 1 is 1.50 bits per heavy atom. The average Bonchev–Trinajstić information content (AvgIpc) is 2.40. The molecule has 2 unspecified atom stereocenters. The summed E-state index contributed by atoms with van der Waals surface area (Å²) >= 11 is 0. The first kappa shape index (κ1) is 17.4. The van der Waals surface area contributed by atoms with Crippen LogP contribution in [-0.4, -0.2) is 68.1 Å². The molecule has 118 valence electrons. The van der Waals surface area contributed by atoms with E-state index in [1.54, 1.807) is 7.05 Å². The van der Waals surface area contributed by atoms with Crippen molar-refractivity contribution in [2.75, 3.05) is 40.8 Å². The molecule has 1 aliphatic rings. The standard InChI is InChI=1S/C15H32N4O/c1-12(10-15(2,17-3)14(16)20)19(5)11-13-6-8-18(4)9-7-13/h12-13,17H,6-11H2,1-5H3,(H2,16,20). The van der Waals surface area contributed by atoms with Gasteiger partial charge < -0.3 is 20.9 Å². The molecule has 1 rings (SSSR count). The SMILES string of the molecule is CNC(C)(CC(C)N(C)CC1CCN(C)CC1)C(N)=O. The minimum Gasteiger partial charge on any atom is -0.368 e. The van der Waals surface area contributed by atoms with E-state index in [2.05, 4.69) is 36.1 Å². The number of hydrogen-bond donors (Lipinski definition) is 2. The molecule has 5 nitrogen and oxygen atoms in total. The maximum atomic E-state index is 11.6. The molecule has 0 aromatic heterocycles. The molecule has 0 aliphatic carbocycles. The molecule has 0 aromatic rings. The van der Waals surface area contributed by atoms with E-state index in [4.69, 9.17) is 5.73 Å². The monoisotopic (exact) mass is 284 g/mol. The summed E-state index contributed by atoms with van der Waals surface area (Å²) in [6, 6.07) is 0.333. The fraction of sp³-hybridized carbons (Fsp3) is 0.933. The molecule has 0 bridgehead atoms. The lowest BCUT2D eigenvalue weighted by molar-refractivity contribution is -0.124. The van der Waals surface area contributed by atoms with Gasteiger partial charge in [0, 0.05) is 12.6 Å². The van der Waals surface area contributed by atoms with E-state index < -0.39 is 5.54 Å². The highest BCUT2D eigenvalue weighted by Crippen LogP contribution is 2.20. The molecular formula is C15H32N4O. The van der Waals surface area contributed by atoms with Crippen LogP contribution in [0.2, 0.25) is 0 Å². The van der Waals surface area contributed by atoms with Gasteiger partial charge in [0.25, 0.3) is 0 Å². The van der Waals surface area contributed by atoms with Gasteiger partial charge in [0.1, 0.15) is 0 Å². The van der Waals surface area contributed by atoms with Crippen molar-refractivity contribution in [1.82, 2.24) is 15.1 Å². The van der Waals surface area contributed by atoms with Crippen LogP contribution in [0, 0.1) is 5.92 Å². The lowest BCUT2D eigenvalue weighted by atomic mass is 9.91. The van der Waals surface area contributed by atoms with Crippen molar-refractivity contribution < 1.29 is 4.79 Å². The summed E-state index contributed by atoms with van der Waals surface area (Å²) in [5, 5.41) is 3.07. The molecule has 1 saturated heterocycles. The van der Waals surface area contributed by atoms with Gasteiger partial charge in [-0.3, -0.25) is 4.79 Å². The van der Waals surface area contributed by atoms with E-state index >= 15 is 0 Å². The van der Waals surface area contributed by atoms with E-state index in [0.29, 0.717) is 6.04 Å². The van der Waals surface area contributed by atoms with Crippen molar-refractivity contribution in [2.24, 2.45) is 11.7 Å². The Morgan fingerprint density at radius 2 is 2.05 bits per heavy atom. The topological polar surface area (TPSA) is 61.6 Å². The van der Waals surface area contributed by atoms with Gasteiger partial charge in [-0.2, -0.15) is 0 Å². The molecule has 0 aromatic carbocycles. The highest BCUT2D eigenvalue weighted by Gasteiger charge is 2.32. The highest BCUT2D eigenvalue weighted by atomic mass is 16.1. The molecule has 20 heavy (non-hydrogen) atoms. The molecule has 0 radical (unpaired) electrons. The summed E-state index contributed by atoms with van der Waals surface area (Å²) in [5.41, 5.74) is 4.88. The Labute approximate surface area is 123 Å². The third kappa shape index (κ3) is 4.72. The van der Waals surface area contributed by atoms with Crippen LogP contribution in [0.15, 0.2) is 0 Å². The summed E-state index contributed by atoms with van der Waals surface area (Å²) in [7, 11) is 6.14. The van der Waals surface area contributed by atoms with Crippen LogP contribution >= 0.6 is 0 Å². The zero-order valence-electron chi connectivity index (χ0n) is 13.8. The number of likely N-dealkylation sites (tertiary alicyclic amines) is 1. The minimum atomic E-state index is -0.625. The highest BCUT2D eigenvalue weighted by molar-refractivity contribution is 5.84. The first-order valence-electron chi connectivity index (χ1n) is 7.66. The zero-order valence-corrected chi connectivity index (χ0v) is 13.8. The van der Waals surface area contributed by atoms with Gasteiger partial charge in [0.05, 0.1) is 5.54 Å². The van der Waals surface area contributed by atoms with Gasteiger partial charge >= 0.3 is 0 Å². The number of primary amides is 1. The van der Waals surface area contributed by atoms with Crippen molar-refractivity contribution in [1.29, 1.82) is 0 Å². The number of likely N-dealkylation sites (N-methyl/N-ethyl adjacent to an activating group) is 1. The van der Waals surface area contributed by atoms with Crippen molar-refractivity contribution in [3.05, 3.63) is 0 Å². The number of rotatable bonds is 7. The van der Waals surface area contributed by atoms with Gasteiger partial charge in [-0.1, -0.05) is 0 Å². The average molecular weight is 284 g/mol. The van der Waals surface area contributed by atoms with Crippen molar-refractivity contribution in [2.45, 2.75) is 44.7 Å².